The van der Waals surface area contributed by atoms with Crippen LogP contribution in [0, 0.1) is 5.92 Å². The highest BCUT2D eigenvalue weighted by molar-refractivity contribution is 5.41. The molecule has 1 aromatic heterocycles. The van der Waals surface area contributed by atoms with Crippen molar-refractivity contribution in [1.29, 1.82) is 0 Å². The molecule has 2 N–H and O–H groups in total. The Morgan fingerprint density at radius 3 is 2.42 bits per heavy atom. The minimum absolute atomic E-state index is 0.0523. The Morgan fingerprint density at radius 1 is 1.21 bits per heavy atom. The van der Waals surface area contributed by atoms with Gasteiger partial charge in [-0.25, -0.2) is 4.98 Å². The first-order chi connectivity index (χ1) is 8.90. The monoisotopic (exact) mass is 264 g/mol. The number of rotatable bonds is 7. The van der Waals surface area contributed by atoms with Gasteiger partial charge in [0, 0.05) is 31.9 Å². The molecule has 0 aliphatic heterocycles. The van der Waals surface area contributed by atoms with E-state index in [2.05, 4.69) is 48.8 Å². The second-order valence-corrected chi connectivity index (χ2v) is 5.88. The maximum absolute atomic E-state index is 5.95. The van der Waals surface area contributed by atoms with Crippen molar-refractivity contribution in [3.8, 4) is 0 Å². The first kappa shape index (κ1) is 15.9. The summed E-state index contributed by atoms with van der Waals surface area (Å²) in [5.74, 6) is 1.65. The van der Waals surface area contributed by atoms with Crippen molar-refractivity contribution < 1.29 is 0 Å². The van der Waals surface area contributed by atoms with Crippen molar-refractivity contribution in [3.05, 3.63) is 23.9 Å². The molecule has 0 aliphatic rings. The Morgan fingerprint density at radius 2 is 1.89 bits per heavy atom. The van der Waals surface area contributed by atoms with Crippen LogP contribution in [0.1, 0.15) is 32.4 Å². The average molecular weight is 264 g/mol. The fourth-order valence-electron chi connectivity index (χ4n) is 1.95. The van der Waals surface area contributed by atoms with E-state index in [9.17, 15) is 0 Å². The SMILES string of the molecule is CC(C)CN(CCN(C)C)c1cc([C@H](C)N)ccn1. The van der Waals surface area contributed by atoms with Gasteiger partial charge < -0.3 is 15.5 Å². The molecule has 0 unspecified atom stereocenters. The number of aromatic nitrogens is 1. The van der Waals surface area contributed by atoms with E-state index >= 15 is 0 Å². The maximum atomic E-state index is 5.95. The van der Waals surface area contributed by atoms with Crippen LogP contribution in [0.2, 0.25) is 0 Å². The summed E-state index contributed by atoms with van der Waals surface area (Å²) in [6.07, 6.45) is 1.86. The van der Waals surface area contributed by atoms with Gasteiger partial charge in [0.15, 0.2) is 0 Å². The van der Waals surface area contributed by atoms with Crippen LogP contribution >= 0.6 is 0 Å². The molecule has 0 aromatic carbocycles. The Bertz CT molecular complexity index is 374. The van der Waals surface area contributed by atoms with Gasteiger partial charge in [-0.2, -0.15) is 0 Å². The fraction of sp³-hybridized carbons (Fsp3) is 0.667. The molecular formula is C15H28N4. The van der Waals surface area contributed by atoms with Gasteiger partial charge in [0.2, 0.25) is 0 Å². The highest BCUT2D eigenvalue weighted by Gasteiger charge is 2.11. The minimum Gasteiger partial charge on any atom is -0.355 e. The summed E-state index contributed by atoms with van der Waals surface area (Å²) in [5.41, 5.74) is 7.09. The summed E-state index contributed by atoms with van der Waals surface area (Å²) in [6.45, 7) is 9.50. The summed E-state index contributed by atoms with van der Waals surface area (Å²) in [6, 6.07) is 4.16. The molecule has 0 saturated heterocycles. The molecule has 0 spiro atoms. The van der Waals surface area contributed by atoms with Crippen molar-refractivity contribution in [1.82, 2.24) is 9.88 Å². The lowest BCUT2D eigenvalue weighted by Gasteiger charge is -2.27. The van der Waals surface area contributed by atoms with Gasteiger partial charge >= 0.3 is 0 Å². The second-order valence-electron chi connectivity index (χ2n) is 5.88. The van der Waals surface area contributed by atoms with Gasteiger partial charge in [0.1, 0.15) is 5.82 Å². The quantitative estimate of drug-likeness (QED) is 0.819. The minimum atomic E-state index is 0.0523. The molecule has 19 heavy (non-hydrogen) atoms. The smallest absolute Gasteiger partial charge is 0.128 e. The van der Waals surface area contributed by atoms with E-state index in [1.54, 1.807) is 0 Å². The Kier molecular flexibility index (Phi) is 6.25. The third-order valence-corrected chi connectivity index (χ3v) is 3.02. The lowest BCUT2D eigenvalue weighted by molar-refractivity contribution is 0.408. The molecule has 4 heteroatoms. The van der Waals surface area contributed by atoms with Crippen molar-refractivity contribution in [2.75, 3.05) is 38.6 Å². The van der Waals surface area contributed by atoms with E-state index in [1.807, 2.05) is 19.2 Å². The lowest BCUT2D eigenvalue weighted by Crippen LogP contribution is -2.35. The fourth-order valence-corrected chi connectivity index (χ4v) is 1.95. The molecule has 0 aliphatic carbocycles. The van der Waals surface area contributed by atoms with Gasteiger partial charge in [0.05, 0.1) is 0 Å². The van der Waals surface area contributed by atoms with Crippen molar-refractivity contribution in [2.24, 2.45) is 11.7 Å². The van der Waals surface area contributed by atoms with Crippen LogP contribution in [-0.4, -0.2) is 43.6 Å². The van der Waals surface area contributed by atoms with Crippen LogP contribution in [0.25, 0.3) is 0 Å². The largest absolute Gasteiger partial charge is 0.355 e. The summed E-state index contributed by atoms with van der Waals surface area (Å²) in [7, 11) is 4.19. The predicted molar refractivity (Wildman–Crippen MR) is 82.4 cm³/mol. The van der Waals surface area contributed by atoms with E-state index in [-0.39, 0.29) is 6.04 Å². The summed E-state index contributed by atoms with van der Waals surface area (Å²) in [5, 5.41) is 0. The van der Waals surface area contributed by atoms with Gasteiger partial charge in [-0.1, -0.05) is 13.8 Å². The van der Waals surface area contributed by atoms with E-state index in [0.717, 1.165) is 31.0 Å². The van der Waals surface area contributed by atoms with Crippen LogP contribution in [0.5, 0.6) is 0 Å². The van der Waals surface area contributed by atoms with Gasteiger partial charge in [0.25, 0.3) is 0 Å². The average Bonchev–Trinajstić information content (AvgIpc) is 2.34. The Hall–Kier alpha value is -1.13. The van der Waals surface area contributed by atoms with Crippen molar-refractivity contribution in [2.45, 2.75) is 26.8 Å². The highest BCUT2D eigenvalue weighted by atomic mass is 15.2. The number of hydrogen-bond donors (Lipinski definition) is 1. The van der Waals surface area contributed by atoms with Crippen LogP contribution in [-0.2, 0) is 0 Å². The number of nitrogens with zero attached hydrogens (tertiary/aromatic N) is 3. The lowest BCUT2D eigenvalue weighted by atomic mass is 10.1. The normalized spacial score (nSPS) is 13.1. The summed E-state index contributed by atoms with van der Waals surface area (Å²) in [4.78, 5) is 9.05. The molecule has 0 amide bonds. The maximum Gasteiger partial charge on any atom is 0.128 e. The molecule has 1 rings (SSSR count). The highest BCUT2D eigenvalue weighted by Crippen LogP contribution is 2.17. The molecular weight excluding hydrogens is 236 g/mol. The topological polar surface area (TPSA) is 45.4 Å². The molecule has 108 valence electrons. The molecule has 0 saturated carbocycles. The Balaban J connectivity index is 2.86. The third kappa shape index (κ3) is 5.57. The van der Waals surface area contributed by atoms with Gasteiger partial charge in [-0.15, -0.1) is 0 Å². The zero-order valence-electron chi connectivity index (χ0n) is 12.9. The van der Waals surface area contributed by atoms with E-state index in [0.29, 0.717) is 5.92 Å². The number of nitrogens with two attached hydrogens (primary N) is 1. The van der Waals surface area contributed by atoms with Crippen LogP contribution < -0.4 is 10.6 Å². The molecule has 0 fully saturated rings. The zero-order chi connectivity index (χ0) is 14.4. The van der Waals surface area contributed by atoms with E-state index < -0.39 is 0 Å². The van der Waals surface area contributed by atoms with Crippen LogP contribution in [0.15, 0.2) is 18.3 Å². The summed E-state index contributed by atoms with van der Waals surface area (Å²) < 4.78 is 0. The van der Waals surface area contributed by atoms with E-state index in [4.69, 9.17) is 5.73 Å². The number of anilines is 1. The first-order valence-electron chi connectivity index (χ1n) is 7.01. The molecule has 4 nitrogen and oxygen atoms in total. The van der Waals surface area contributed by atoms with Crippen LogP contribution in [0.4, 0.5) is 5.82 Å². The predicted octanol–water partition coefficient (Wildman–Crippen LogP) is 2.13. The third-order valence-electron chi connectivity index (χ3n) is 3.02. The molecule has 1 heterocycles. The zero-order valence-corrected chi connectivity index (χ0v) is 12.9. The number of hydrogen-bond acceptors (Lipinski definition) is 4. The molecule has 0 bridgehead atoms. The van der Waals surface area contributed by atoms with Gasteiger partial charge in [-0.05, 0) is 44.6 Å². The van der Waals surface area contributed by atoms with Crippen molar-refractivity contribution >= 4 is 5.82 Å². The van der Waals surface area contributed by atoms with Gasteiger partial charge in [-0.3, -0.25) is 0 Å². The molecule has 1 atom stereocenters. The van der Waals surface area contributed by atoms with E-state index in [1.165, 1.54) is 0 Å². The molecule has 0 radical (unpaired) electrons. The second kappa shape index (κ2) is 7.46. The van der Waals surface area contributed by atoms with Crippen LogP contribution in [0.3, 0.4) is 0 Å². The molecule has 1 aromatic rings. The first-order valence-corrected chi connectivity index (χ1v) is 7.01. The standard InChI is InChI=1S/C15H28N4/c1-12(2)11-19(9-8-18(4)5)15-10-14(13(3)16)6-7-17-15/h6-7,10,12-13H,8-9,11,16H2,1-5H3/t13-/m0/s1. The number of pyridine rings is 1. The number of likely N-dealkylation sites (N-methyl/N-ethyl adjacent to an activating group) is 1. The summed E-state index contributed by atoms with van der Waals surface area (Å²) >= 11 is 0. The Labute approximate surface area is 117 Å². The van der Waals surface area contributed by atoms with Crippen molar-refractivity contribution in [3.63, 3.8) is 0 Å².